The molecule has 3 aromatic carbocycles. The van der Waals surface area contributed by atoms with Crippen molar-refractivity contribution in [1.29, 1.82) is 0 Å². The third-order valence-corrected chi connectivity index (χ3v) is 7.76. The summed E-state index contributed by atoms with van der Waals surface area (Å²) in [5.41, 5.74) is 6.06. The molecule has 6 nitrogen and oxygen atoms in total. The van der Waals surface area contributed by atoms with Gasteiger partial charge in [-0.25, -0.2) is 9.18 Å². The van der Waals surface area contributed by atoms with Crippen LogP contribution in [0.1, 0.15) is 56.2 Å². The fourth-order valence-electron chi connectivity index (χ4n) is 5.94. The van der Waals surface area contributed by atoms with Gasteiger partial charge in [0.1, 0.15) is 11.4 Å². The highest BCUT2D eigenvalue weighted by Crippen LogP contribution is 2.37. The predicted octanol–water partition coefficient (Wildman–Crippen LogP) is 6.81. The molecule has 0 radical (unpaired) electrons. The molecular weight excluding hydrogens is 507 g/mol. The lowest BCUT2D eigenvalue weighted by Gasteiger charge is -2.37. The summed E-state index contributed by atoms with van der Waals surface area (Å²) in [4.78, 5) is 33.1. The van der Waals surface area contributed by atoms with Crippen molar-refractivity contribution in [2.75, 3.05) is 24.5 Å². The molecule has 3 aromatic rings. The summed E-state index contributed by atoms with van der Waals surface area (Å²) in [5, 5.41) is 0. The Balaban J connectivity index is 0.00000118. The molecule has 0 N–H and O–H groups in total. The van der Waals surface area contributed by atoms with Crippen molar-refractivity contribution in [1.82, 2.24) is 4.90 Å². The summed E-state index contributed by atoms with van der Waals surface area (Å²) in [7, 11) is 0. The topological polar surface area (TPSA) is 66.9 Å². The normalized spacial score (nSPS) is 16.3. The van der Waals surface area contributed by atoms with Crippen molar-refractivity contribution in [3.63, 3.8) is 0 Å². The Morgan fingerprint density at radius 1 is 0.900 bits per heavy atom. The minimum absolute atomic E-state index is 0.151. The summed E-state index contributed by atoms with van der Waals surface area (Å²) in [5.74, 6) is -0.151. The number of anilines is 1. The summed E-state index contributed by atoms with van der Waals surface area (Å²) in [6.07, 6.45) is 5.58. The maximum Gasteiger partial charge on any atom is 0.415 e. The highest BCUT2D eigenvalue weighted by Gasteiger charge is 2.47. The van der Waals surface area contributed by atoms with Crippen molar-refractivity contribution in [2.45, 2.75) is 64.5 Å². The van der Waals surface area contributed by atoms with E-state index in [9.17, 15) is 9.18 Å². The van der Waals surface area contributed by atoms with E-state index in [0.29, 0.717) is 12.1 Å². The summed E-state index contributed by atoms with van der Waals surface area (Å²) >= 11 is 0. The minimum Gasteiger partial charge on any atom is -0.441 e. The van der Waals surface area contributed by atoms with Gasteiger partial charge in [0.2, 0.25) is 0 Å². The number of hydrogen-bond acceptors (Lipinski definition) is 5. The second-order valence-electron chi connectivity index (χ2n) is 10.6. The Morgan fingerprint density at radius 2 is 1.48 bits per heavy atom. The van der Waals surface area contributed by atoms with Gasteiger partial charge in [0.25, 0.3) is 0 Å². The van der Waals surface area contributed by atoms with E-state index in [1.54, 1.807) is 17.0 Å². The van der Waals surface area contributed by atoms with Gasteiger partial charge in [-0.2, -0.15) is 9.59 Å². The zero-order valence-electron chi connectivity index (χ0n) is 23.3. The molecule has 2 aliphatic heterocycles. The second kappa shape index (κ2) is 13.5. The molecule has 2 heterocycles. The van der Waals surface area contributed by atoms with Crippen molar-refractivity contribution in [2.24, 2.45) is 0 Å². The third kappa shape index (κ3) is 6.67. The number of benzene rings is 3. The molecule has 0 saturated carbocycles. The summed E-state index contributed by atoms with van der Waals surface area (Å²) in [6.45, 7) is 7.61. The number of piperidine rings is 1. The zero-order valence-corrected chi connectivity index (χ0v) is 23.3. The Morgan fingerprint density at radius 3 is 2.05 bits per heavy atom. The van der Waals surface area contributed by atoms with Crippen LogP contribution in [0.25, 0.3) is 11.1 Å². The molecule has 2 aliphatic rings. The van der Waals surface area contributed by atoms with Gasteiger partial charge in [0.15, 0.2) is 0 Å². The number of likely N-dealkylation sites (tertiary alicyclic amines) is 1. The van der Waals surface area contributed by atoms with E-state index in [1.165, 1.54) is 16.7 Å². The number of aryl methyl sites for hydroxylation is 2. The van der Waals surface area contributed by atoms with E-state index in [2.05, 4.69) is 30.9 Å². The van der Waals surface area contributed by atoms with Crippen LogP contribution in [0.5, 0.6) is 0 Å². The van der Waals surface area contributed by atoms with E-state index in [1.807, 2.05) is 42.5 Å². The average Bonchev–Trinajstić information content (AvgIpc) is 3.27. The standard InChI is InChI=1S/C32H37FN2O2.CO2/c1-3-10-25-20-24(21-26(11-4-2)30(25)28-14-8-9-15-29(28)33)22-34-18-16-32(17-19-34)23-35(31(36)37-32)27-12-6-5-7-13-27;2-1-3/h5-9,12-15,20-21H,3-4,10-11,16-19,22-23H2,1-2H3;. The van der Waals surface area contributed by atoms with Gasteiger partial charge in [-0.15, -0.1) is 0 Å². The molecule has 0 unspecified atom stereocenters. The first-order valence-electron chi connectivity index (χ1n) is 14.1. The van der Waals surface area contributed by atoms with E-state index in [4.69, 9.17) is 14.3 Å². The second-order valence-corrected chi connectivity index (χ2v) is 10.6. The van der Waals surface area contributed by atoms with Gasteiger partial charge in [-0.1, -0.05) is 75.2 Å². The van der Waals surface area contributed by atoms with Crippen LogP contribution in [0, 0.1) is 5.82 Å². The average molecular weight is 545 g/mol. The SMILES string of the molecule is CCCc1cc(CN2CCC3(CC2)CN(c2ccccc2)C(=O)O3)cc(CCC)c1-c1ccccc1F.O=C=O. The first kappa shape index (κ1) is 29.2. The largest absolute Gasteiger partial charge is 0.441 e. The lowest BCUT2D eigenvalue weighted by Crippen LogP contribution is -2.46. The molecule has 5 rings (SSSR count). The molecule has 0 atom stereocenters. The number of carbonyl (C=O) groups excluding carboxylic acids is 3. The van der Waals surface area contributed by atoms with E-state index in [0.717, 1.165) is 69.4 Å². The van der Waals surface area contributed by atoms with Crippen molar-refractivity contribution < 1.29 is 23.5 Å². The Labute approximate surface area is 235 Å². The van der Waals surface area contributed by atoms with Gasteiger partial charge >= 0.3 is 12.2 Å². The molecule has 2 saturated heterocycles. The Kier molecular flexibility index (Phi) is 9.86. The molecule has 0 aromatic heterocycles. The van der Waals surface area contributed by atoms with Crippen molar-refractivity contribution >= 4 is 17.9 Å². The van der Waals surface area contributed by atoms with Crippen LogP contribution >= 0.6 is 0 Å². The van der Waals surface area contributed by atoms with Gasteiger partial charge < -0.3 is 4.74 Å². The number of ether oxygens (including phenoxy) is 1. The number of nitrogens with zero attached hydrogens (tertiary/aromatic N) is 2. The first-order valence-corrected chi connectivity index (χ1v) is 14.1. The number of carbonyl (C=O) groups is 1. The molecule has 1 amide bonds. The molecule has 0 bridgehead atoms. The number of halogens is 1. The maximum atomic E-state index is 14.9. The quantitative estimate of drug-likeness (QED) is 0.312. The van der Waals surface area contributed by atoms with Crippen molar-refractivity contribution in [3.05, 3.63) is 89.2 Å². The van der Waals surface area contributed by atoms with E-state index < -0.39 is 5.60 Å². The monoisotopic (exact) mass is 544 g/mol. The number of para-hydroxylation sites is 1. The molecule has 210 valence electrons. The van der Waals surface area contributed by atoms with Crippen LogP contribution in [-0.4, -0.2) is 42.4 Å². The molecular formula is C33H37FN2O4. The van der Waals surface area contributed by atoms with Gasteiger partial charge in [-0.05, 0) is 53.3 Å². The lowest BCUT2D eigenvalue weighted by molar-refractivity contribution is -0.191. The fourth-order valence-corrected chi connectivity index (χ4v) is 5.94. The molecule has 7 heteroatoms. The van der Waals surface area contributed by atoms with Gasteiger partial charge in [0.05, 0.1) is 6.54 Å². The van der Waals surface area contributed by atoms with Gasteiger partial charge in [-0.3, -0.25) is 9.80 Å². The smallest absolute Gasteiger partial charge is 0.415 e. The zero-order chi connectivity index (χ0) is 28.5. The highest BCUT2D eigenvalue weighted by molar-refractivity contribution is 5.90. The fraction of sp³-hybridized carbons (Fsp3) is 0.394. The molecule has 40 heavy (non-hydrogen) atoms. The van der Waals surface area contributed by atoms with Crippen LogP contribution < -0.4 is 4.90 Å². The summed E-state index contributed by atoms with van der Waals surface area (Å²) < 4.78 is 20.8. The number of hydrogen-bond donors (Lipinski definition) is 0. The molecule has 1 spiro atoms. The van der Waals surface area contributed by atoms with Gasteiger partial charge in [0, 0.05) is 43.7 Å². The Hall–Kier alpha value is -3.80. The van der Waals surface area contributed by atoms with E-state index in [-0.39, 0.29) is 18.1 Å². The Bertz CT molecular complexity index is 1300. The predicted molar refractivity (Wildman–Crippen MR) is 152 cm³/mol. The van der Waals surface area contributed by atoms with Crippen molar-refractivity contribution in [3.8, 4) is 11.1 Å². The highest BCUT2D eigenvalue weighted by atomic mass is 19.1. The number of rotatable bonds is 8. The minimum atomic E-state index is -0.404. The van der Waals surface area contributed by atoms with Crippen LogP contribution in [0.3, 0.4) is 0 Å². The third-order valence-electron chi connectivity index (χ3n) is 7.76. The van der Waals surface area contributed by atoms with E-state index >= 15 is 0 Å². The first-order chi connectivity index (χ1) is 19.4. The van der Waals surface area contributed by atoms with Crippen LogP contribution in [0.2, 0.25) is 0 Å². The maximum absolute atomic E-state index is 14.9. The van der Waals surface area contributed by atoms with Crippen LogP contribution in [0.15, 0.2) is 66.7 Å². The lowest BCUT2D eigenvalue weighted by atomic mass is 9.87. The van der Waals surface area contributed by atoms with Crippen LogP contribution in [0.4, 0.5) is 14.9 Å². The molecule has 0 aliphatic carbocycles. The van der Waals surface area contributed by atoms with Crippen LogP contribution in [-0.2, 0) is 33.7 Å². The number of amides is 1. The summed E-state index contributed by atoms with van der Waals surface area (Å²) in [6, 6.07) is 21.5. The molecule has 2 fully saturated rings.